The fourth-order valence-corrected chi connectivity index (χ4v) is 2.63. The van der Waals surface area contributed by atoms with Gasteiger partial charge in [0.15, 0.2) is 5.96 Å². The van der Waals surface area contributed by atoms with E-state index in [1.807, 2.05) is 18.8 Å². The van der Waals surface area contributed by atoms with Gasteiger partial charge in [0.05, 0.1) is 0 Å². The summed E-state index contributed by atoms with van der Waals surface area (Å²) in [5.41, 5.74) is 0. The van der Waals surface area contributed by atoms with Crippen LogP contribution in [0.2, 0.25) is 0 Å². The number of carbonyl (C=O) groups is 1. The molecule has 7 heteroatoms. The molecule has 22 heavy (non-hydrogen) atoms. The first-order valence-corrected chi connectivity index (χ1v) is 8.85. The summed E-state index contributed by atoms with van der Waals surface area (Å²) in [5, 5.41) is 6.18. The number of rotatable bonds is 5. The maximum atomic E-state index is 11.4. The average Bonchev–Trinajstić information content (AvgIpc) is 2.49. The number of hydrogen-bond acceptors (Lipinski definition) is 3. The Morgan fingerprint density at radius 2 is 1.95 bits per heavy atom. The van der Waals surface area contributed by atoms with Gasteiger partial charge in [-0.15, -0.1) is 24.0 Å². The summed E-state index contributed by atoms with van der Waals surface area (Å²) in [4.78, 5) is 18.1. The molecule has 0 atom stereocenters. The first-order chi connectivity index (χ1) is 9.91. The minimum atomic E-state index is 0. The van der Waals surface area contributed by atoms with Crippen LogP contribution >= 0.6 is 35.7 Å². The zero-order chi connectivity index (χ0) is 15.9. The molecule has 130 valence electrons. The predicted molar refractivity (Wildman–Crippen MR) is 107 cm³/mol. The molecule has 1 amide bonds. The summed E-state index contributed by atoms with van der Waals surface area (Å²) in [6.07, 6.45) is 4.89. The van der Waals surface area contributed by atoms with Crippen LogP contribution < -0.4 is 10.6 Å². The van der Waals surface area contributed by atoms with E-state index in [4.69, 9.17) is 0 Å². The summed E-state index contributed by atoms with van der Waals surface area (Å²) in [7, 11) is 3.54. The van der Waals surface area contributed by atoms with Crippen LogP contribution in [-0.2, 0) is 4.79 Å². The lowest BCUT2D eigenvalue weighted by Gasteiger charge is -2.35. The van der Waals surface area contributed by atoms with Gasteiger partial charge in [0.1, 0.15) is 0 Å². The first kappa shape index (κ1) is 21.8. The molecule has 0 unspecified atom stereocenters. The van der Waals surface area contributed by atoms with Gasteiger partial charge in [-0.25, -0.2) is 0 Å². The minimum absolute atomic E-state index is 0. The highest BCUT2D eigenvalue weighted by Gasteiger charge is 2.24. The number of nitrogens with zero attached hydrogens (tertiary/aromatic N) is 2. The summed E-state index contributed by atoms with van der Waals surface area (Å²) >= 11 is 1.86. The maximum absolute atomic E-state index is 11.4. The van der Waals surface area contributed by atoms with Crippen molar-refractivity contribution in [2.45, 2.75) is 37.9 Å². The fourth-order valence-electron chi connectivity index (χ4n) is 2.41. The molecule has 0 radical (unpaired) electrons. The Labute approximate surface area is 156 Å². The van der Waals surface area contributed by atoms with E-state index in [2.05, 4.69) is 40.6 Å². The summed E-state index contributed by atoms with van der Waals surface area (Å²) in [6.45, 7) is 7.31. The second kappa shape index (κ2) is 10.6. The Balaban J connectivity index is 0.00000441. The van der Waals surface area contributed by atoms with Crippen LogP contribution in [0.1, 0.15) is 33.1 Å². The highest BCUT2D eigenvalue weighted by Crippen LogP contribution is 2.22. The Morgan fingerprint density at radius 1 is 1.36 bits per heavy atom. The Bertz CT molecular complexity index is 369. The highest BCUT2D eigenvalue weighted by molar-refractivity contribution is 14.0. The third-order valence-electron chi connectivity index (χ3n) is 4.10. The topological polar surface area (TPSA) is 56.7 Å². The number of amides is 1. The molecule has 1 aliphatic heterocycles. The smallest absolute Gasteiger partial charge is 0.220 e. The van der Waals surface area contributed by atoms with Crippen molar-refractivity contribution in [3.63, 3.8) is 0 Å². The van der Waals surface area contributed by atoms with Crippen molar-refractivity contribution in [3.8, 4) is 0 Å². The number of carbonyl (C=O) groups excluding carboxylic acids is 1. The van der Waals surface area contributed by atoms with Crippen molar-refractivity contribution in [2.75, 3.05) is 40.0 Å². The first-order valence-electron chi connectivity index (χ1n) is 7.63. The quantitative estimate of drug-likeness (QED) is 0.389. The van der Waals surface area contributed by atoms with Crippen LogP contribution in [0.5, 0.6) is 0 Å². The van der Waals surface area contributed by atoms with E-state index < -0.39 is 0 Å². The molecule has 0 aromatic carbocycles. The molecule has 1 aliphatic rings. The Morgan fingerprint density at radius 3 is 2.41 bits per heavy atom. The third kappa shape index (κ3) is 7.39. The average molecular weight is 442 g/mol. The van der Waals surface area contributed by atoms with E-state index >= 15 is 0 Å². The van der Waals surface area contributed by atoms with Crippen LogP contribution in [0.25, 0.3) is 0 Å². The Kier molecular flexibility index (Phi) is 10.5. The lowest BCUT2D eigenvalue weighted by atomic mass is 9.93. The van der Waals surface area contributed by atoms with E-state index in [9.17, 15) is 4.79 Å². The number of likely N-dealkylation sites (tertiary alicyclic amines) is 1. The maximum Gasteiger partial charge on any atom is 0.220 e. The SMILES string of the molecule is CN=C(NCC(C)(C)SC)N1CCC(CC(=O)NC)CC1.I. The second-order valence-electron chi connectivity index (χ2n) is 6.17. The van der Waals surface area contributed by atoms with Gasteiger partial charge in [-0.3, -0.25) is 9.79 Å². The molecule has 1 fully saturated rings. The van der Waals surface area contributed by atoms with Crippen molar-refractivity contribution >= 4 is 47.6 Å². The molecule has 0 aliphatic carbocycles. The monoisotopic (exact) mass is 442 g/mol. The predicted octanol–water partition coefficient (Wildman–Crippen LogP) is 2.17. The van der Waals surface area contributed by atoms with Crippen LogP contribution in [0.3, 0.4) is 0 Å². The van der Waals surface area contributed by atoms with E-state index in [1.54, 1.807) is 7.05 Å². The number of aliphatic imine (C=N–C) groups is 1. The van der Waals surface area contributed by atoms with Crippen molar-refractivity contribution in [1.29, 1.82) is 0 Å². The number of thioether (sulfide) groups is 1. The number of piperidine rings is 1. The molecule has 0 saturated carbocycles. The molecule has 1 rings (SSSR count). The molecule has 0 spiro atoms. The number of nitrogens with one attached hydrogen (secondary N) is 2. The van der Waals surface area contributed by atoms with Gasteiger partial charge in [0.2, 0.25) is 5.91 Å². The molecule has 0 bridgehead atoms. The van der Waals surface area contributed by atoms with Crippen LogP contribution in [-0.4, -0.2) is 61.5 Å². The summed E-state index contributed by atoms with van der Waals surface area (Å²) in [6, 6.07) is 0. The van der Waals surface area contributed by atoms with Gasteiger partial charge in [-0.2, -0.15) is 11.8 Å². The number of hydrogen-bond donors (Lipinski definition) is 2. The summed E-state index contributed by atoms with van der Waals surface area (Å²) < 4.78 is 0.202. The van der Waals surface area contributed by atoms with Crippen LogP contribution in [0, 0.1) is 5.92 Å². The molecular formula is C15H31IN4OS. The second-order valence-corrected chi connectivity index (χ2v) is 7.69. The Hall–Kier alpha value is -0.180. The molecular weight excluding hydrogens is 411 g/mol. The van der Waals surface area contributed by atoms with Gasteiger partial charge in [-0.05, 0) is 38.9 Å². The van der Waals surface area contributed by atoms with E-state index in [0.717, 1.165) is 38.4 Å². The van der Waals surface area contributed by atoms with Gasteiger partial charge < -0.3 is 15.5 Å². The van der Waals surface area contributed by atoms with Crippen molar-refractivity contribution < 1.29 is 4.79 Å². The lowest BCUT2D eigenvalue weighted by Crippen LogP contribution is -2.48. The zero-order valence-corrected chi connectivity index (χ0v) is 17.6. The molecule has 0 aromatic heterocycles. The zero-order valence-electron chi connectivity index (χ0n) is 14.4. The van der Waals surface area contributed by atoms with E-state index in [1.165, 1.54) is 0 Å². The van der Waals surface area contributed by atoms with E-state index in [0.29, 0.717) is 12.3 Å². The summed E-state index contributed by atoms with van der Waals surface area (Å²) in [5.74, 6) is 1.63. The third-order valence-corrected chi connectivity index (χ3v) is 5.35. The van der Waals surface area contributed by atoms with Crippen molar-refractivity contribution in [2.24, 2.45) is 10.9 Å². The molecule has 5 nitrogen and oxygen atoms in total. The highest BCUT2D eigenvalue weighted by atomic mass is 127. The van der Waals surface area contributed by atoms with Crippen molar-refractivity contribution in [3.05, 3.63) is 0 Å². The van der Waals surface area contributed by atoms with Gasteiger partial charge in [0, 0.05) is 44.9 Å². The number of guanidine groups is 1. The van der Waals surface area contributed by atoms with Gasteiger partial charge in [0.25, 0.3) is 0 Å². The number of halogens is 1. The lowest BCUT2D eigenvalue weighted by molar-refractivity contribution is -0.121. The normalized spacial score (nSPS) is 17.0. The van der Waals surface area contributed by atoms with Gasteiger partial charge in [-0.1, -0.05) is 0 Å². The minimum Gasteiger partial charge on any atom is -0.359 e. The largest absolute Gasteiger partial charge is 0.359 e. The van der Waals surface area contributed by atoms with E-state index in [-0.39, 0.29) is 34.6 Å². The van der Waals surface area contributed by atoms with Crippen molar-refractivity contribution in [1.82, 2.24) is 15.5 Å². The molecule has 0 aromatic rings. The van der Waals surface area contributed by atoms with Crippen LogP contribution in [0.15, 0.2) is 4.99 Å². The molecule has 1 heterocycles. The molecule has 2 N–H and O–H groups in total. The fraction of sp³-hybridized carbons (Fsp3) is 0.867. The van der Waals surface area contributed by atoms with Crippen LogP contribution in [0.4, 0.5) is 0 Å². The molecule has 1 saturated heterocycles. The van der Waals surface area contributed by atoms with Gasteiger partial charge >= 0.3 is 0 Å². The standard InChI is InChI=1S/C15H30N4OS.HI/c1-15(2,21-5)11-18-14(17-4)19-8-6-12(7-9-19)10-13(20)16-3;/h12H,6-11H2,1-5H3,(H,16,20)(H,17,18);1H.